The molecule has 0 radical (unpaired) electrons. The second-order valence-electron chi connectivity index (χ2n) is 7.17. The highest BCUT2D eigenvalue weighted by Gasteiger charge is 2.22. The first-order valence-electron chi connectivity index (χ1n) is 9.79. The monoisotopic (exact) mass is 424 g/mol. The number of rotatable bonds is 6. The predicted molar refractivity (Wildman–Crippen MR) is 113 cm³/mol. The summed E-state index contributed by atoms with van der Waals surface area (Å²) in [5.41, 5.74) is 4.58. The first-order chi connectivity index (χ1) is 14.9. The van der Waals surface area contributed by atoms with Gasteiger partial charge in [0.05, 0.1) is 17.1 Å². The Bertz CT molecular complexity index is 1140. The summed E-state index contributed by atoms with van der Waals surface area (Å²) in [4.78, 5) is 22.4. The van der Waals surface area contributed by atoms with Gasteiger partial charge in [-0.15, -0.1) is 0 Å². The number of benzene rings is 2. The molecule has 2 amide bonds. The van der Waals surface area contributed by atoms with Crippen molar-refractivity contribution in [2.45, 2.75) is 19.9 Å². The number of carbonyl (C=O) groups is 2. The molecule has 1 aliphatic rings. The summed E-state index contributed by atoms with van der Waals surface area (Å²) >= 11 is 0. The quantitative estimate of drug-likeness (QED) is 0.524. The summed E-state index contributed by atoms with van der Waals surface area (Å²) in [7, 11) is 0. The number of nitrogens with zero attached hydrogens (tertiary/aromatic N) is 2. The van der Waals surface area contributed by atoms with E-state index < -0.39 is 6.09 Å². The van der Waals surface area contributed by atoms with Crippen molar-refractivity contribution in [2.75, 3.05) is 18.5 Å². The molecular weight excluding hydrogens is 403 g/mol. The smallest absolute Gasteiger partial charge is 0.404 e. The SMILES string of the molecule is Cc1nn(CCCNC(=O)O)c(-c2ccc(F)cc2)c1-c1ccc2c(c1)NC(=O)CO2. The van der Waals surface area contributed by atoms with E-state index in [0.29, 0.717) is 24.4 Å². The molecule has 1 aliphatic heterocycles. The van der Waals surface area contributed by atoms with E-state index in [1.165, 1.54) is 12.1 Å². The second-order valence-corrected chi connectivity index (χ2v) is 7.17. The van der Waals surface area contributed by atoms with Crippen LogP contribution in [0.4, 0.5) is 14.9 Å². The minimum absolute atomic E-state index is 0.0193. The predicted octanol–water partition coefficient (Wildman–Crippen LogP) is 3.65. The summed E-state index contributed by atoms with van der Waals surface area (Å²) in [5, 5.41) is 18.6. The van der Waals surface area contributed by atoms with Crippen molar-refractivity contribution in [2.24, 2.45) is 0 Å². The van der Waals surface area contributed by atoms with Gasteiger partial charge in [-0.3, -0.25) is 9.48 Å². The molecule has 2 aromatic carbocycles. The minimum atomic E-state index is -1.07. The van der Waals surface area contributed by atoms with Gasteiger partial charge < -0.3 is 20.5 Å². The maximum atomic E-state index is 13.5. The maximum Gasteiger partial charge on any atom is 0.404 e. The van der Waals surface area contributed by atoms with Gasteiger partial charge in [0.15, 0.2) is 6.61 Å². The molecule has 2 heterocycles. The fourth-order valence-corrected chi connectivity index (χ4v) is 3.65. The molecular formula is C22H21FN4O4. The standard InChI is InChI=1S/C22H21FN4O4/c1-13-20(15-5-8-18-17(11-15)25-19(28)12-31-18)21(14-3-6-16(23)7-4-14)27(26-13)10-2-9-24-22(29)30/h3-8,11,24H,2,9-10,12H2,1H3,(H,25,28)(H,29,30). The summed E-state index contributed by atoms with van der Waals surface area (Å²) in [5.74, 6) is 0.0330. The second kappa shape index (κ2) is 8.47. The van der Waals surface area contributed by atoms with Crippen LogP contribution >= 0.6 is 0 Å². The number of amides is 2. The molecule has 0 saturated carbocycles. The lowest BCUT2D eigenvalue weighted by molar-refractivity contribution is -0.118. The third-order valence-electron chi connectivity index (χ3n) is 4.97. The van der Waals surface area contributed by atoms with Crippen LogP contribution in [-0.4, -0.2) is 40.0 Å². The molecule has 0 saturated heterocycles. The van der Waals surface area contributed by atoms with E-state index in [2.05, 4.69) is 15.7 Å². The zero-order valence-corrected chi connectivity index (χ0v) is 16.8. The van der Waals surface area contributed by atoms with Crippen LogP contribution in [0.25, 0.3) is 22.4 Å². The number of hydrogen-bond acceptors (Lipinski definition) is 4. The average molecular weight is 424 g/mol. The third-order valence-corrected chi connectivity index (χ3v) is 4.97. The molecule has 0 bridgehead atoms. The van der Waals surface area contributed by atoms with E-state index >= 15 is 0 Å². The Kier molecular flexibility index (Phi) is 5.57. The molecule has 4 rings (SSSR count). The number of fused-ring (bicyclic) bond motifs is 1. The molecule has 160 valence electrons. The molecule has 3 N–H and O–H groups in total. The van der Waals surface area contributed by atoms with E-state index in [4.69, 9.17) is 9.84 Å². The van der Waals surface area contributed by atoms with Crippen LogP contribution < -0.4 is 15.4 Å². The van der Waals surface area contributed by atoms with Crippen LogP contribution in [0.5, 0.6) is 5.75 Å². The first-order valence-corrected chi connectivity index (χ1v) is 9.79. The molecule has 0 spiro atoms. The number of carboxylic acid groups (broad SMARTS) is 1. The van der Waals surface area contributed by atoms with Crippen LogP contribution in [0.1, 0.15) is 12.1 Å². The number of ether oxygens (including phenoxy) is 1. The van der Waals surface area contributed by atoms with Gasteiger partial charge in [0, 0.05) is 24.2 Å². The van der Waals surface area contributed by atoms with E-state index in [0.717, 1.165) is 28.1 Å². The van der Waals surface area contributed by atoms with Crippen molar-refractivity contribution in [1.29, 1.82) is 0 Å². The van der Waals surface area contributed by atoms with Crippen LogP contribution in [0, 0.1) is 12.7 Å². The fraction of sp³-hybridized carbons (Fsp3) is 0.227. The Morgan fingerprint density at radius 1 is 1.26 bits per heavy atom. The van der Waals surface area contributed by atoms with Crippen molar-refractivity contribution in [1.82, 2.24) is 15.1 Å². The molecule has 31 heavy (non-hydrogen) atoms. The topological polar surface area (TPSA) is 105 Å². The molecule has 0 aliphatic carbocycles. The molecule has 8 nitrogen and oxygen atoms in total. The number of nitrogens with one attached hydrogen (secondary N) is 2. The lowest BCUT2D eigenvalue weighted by Crippen LogP contribution is -2.25. The number of anilines is 1. The van der Waals surface area contributed by atoms with Crippen molar-refractivity contribution in [3.05, 3.63) is 54.0 Å². The van der Waals surface area contributed by atoms with Crippen LogP contribution in [0.3, 0.4) is 0 Å². The number of carbonyl (C=O) groups excluding carboxylic acids is 1. The van der Waals surface area contributed by atoms with E-state index in [1.807, 2.05) is 19.1 Å². The minimum Gasteiger partial charge on any atom is -0.482 e. The maximum absolute atomic E-state index is 13.5. The van der Waals surface area contributed by atoms with Gasteiger partial charge in [-0.2, -0.15) is 5.10 Å². The van der Waals surface area contributed by atoms with Gasteiger partial charge in [0.1, 0.15) is 11.6 Å². The first kappa shape index (κ1) is 20.4. The fourth-order valence-electron chi connectivity index (χ4n) is 3.65. The molecule has 0 unspecified atom stereocenters. The molecule has 9 heteroatoms. The number of aromatic nitrogens is 2. The summed E-state index contributed by atoms with van der Waals surface area (Å²) in [6, 6.07) is 11.7. The third kappa shape index (κ3) is 4.35. The highest BCUT2D eigenvalue weighted by atomic mass is 19.1. The van der Waals surface area contributed by atoms with Crippen molar-refractivity contribution < 1.29 is 23.8 Å². The van der Waals surface area contributed by atoms with Crippen LogP contribution in [-0.2, 0) is 11.3 Å². The lowest BCUT2D eigenvalue weighted by Gasteiger charge is -2.19. The summed E-state index contributed by atoms with van der Waals surface area (Å²) < 4.78 is 20.8. The molecule has 0 atom stereocenters. The van der Waals surface area contributed by atoms with Gasteiger partial charge in [0.25, 0.3) is 5.91 Å². The van der Waals surface area contributed by atoms with Gasteiger partial charge in [-0.05, 0) is 55.3 Å². The summed E-state index contributed by atoms with van der Waals surface area (Å²) in [6.07, 6.45) is -0.538. The zero-order valence-electron chi connectivity index (χ0n) is 16.8. The van der Waals surface area contributed by atoms with Gasteiger partial charge in [-0.25, -0.2) is 9.18 Å². The lowest BCUT2D eigenvalue weighted by atomic mass is 9.98. The van der Waals surface area contributed by atoms with E-state index in [9.17, 15) is 14.0 Å². The van der Waals surface area contributed by atoms with Crippen molar-refractivity contribution in [3.63, 3.8) is 0 Å². The van der Waals surface area contributed by atoms with Gasteiger partial charge in [0.2, 0.25) is 0 Å². The summed E-state index contributed by atoms with van der Waals surface area (Å²) in [6.45, 7) is 2.62. The highest BCUT2D eigenvalue weighted by molar-refractivity contribution is 5.97. The van der Waals surface area contributed by atoms with E-state index in [1.54, 1.807) is 22.9 Å². The Labute approximate surface area is 177 Å². The number of hydrogen-bond donors (Lipinski definition) is 3. The van der Waals surface area contributed by atoms with Gasteiger partial charge >= 0.3 is 6.09 Å². The Hall–Kier alpha value is -3.88. The van der Waals surface area contributed by atoms with Crippen molar-refractivity contribution >= 4 is 17.7 Å². The Morgan fingerprint density at radius 3 is 2.74 bits per heavy atom. The molecule has 3 aromatic rings. The Morgan fingerprint density at radius 2 is 2.00 bits per heavy atom. The number of halogens is 1. The normalized spacial score (nSPS) is 12.6. The van der Waals surface area contributed by atoms with Crippen LogP contribution in [0.2, 0.25) is 0 Å². The zero-order chi connectivity index (χ0) is 22.0. The molecule has 0 fully saturated rings. The van der Waals surface area contributed by atoms with Gasteiger partial charge in [-0.1, -0.05) is 6.07 Å². The van der Waals surface area contributed by atoms with Crippen molar-refractivity contribution in [3.8, 4) is 28.1 Å². The molecule has 1 aromatic heterocycles. The van der Waals surface area contributed by atoms with E-state index in [-0.39, 0.29) is 24.9 Å². The number of aryl methyl sites for hydroxylation is 2. The average Bonchev–Trinajstić information content (AvgIpc) is 3.07. The van der Waals surface area contributed by atoms with Crippen LogP contribution in [0.15, 0.2) is 42.5 Å². The highest BCUT2D eigenvalue weighted by Crippen LogP contribution is 2.39. The Balaban J connectivity index is 1.76. The largest absolute Gasteiger partial charge is 0.482 e.